The largest absolute Gasteiger partial charge is 0.466 e. The Labute approximate surface area is 92.8 Å². The maximum atomic E-state index is 11.1. The second kappa shape index (κ2) is 7.69. The fraction of sp³-hybridized carbons (Fsp3) is 0.833. The van der Waals surface area contributed by atoms with E-state index >= 15 is 0 Å². The maximum Gasteiger partial charge on any atom is 0.305 e. The summed E-state index contributed by atoms with van der Waals surface area (Å²) in [6, 6.07) is 0. The van der Waals surface area contributed by atoms with Crippen molar-refractivity contribution < 1.29 is 9.53 Å². The van der Waals surface area contributed by atoms with E-state index in [2.05, 4.69) is 11.3 Å². The van der Waals surface area contributed by atoms with Gasteiger partial charge in [-0.15, -0.1) is 0 Å². The molecule has 15 heavy (non-hydrogen) atoms. The fourth-order valence-electron chi connectivity index (χ4n) is 1.87. The summed E-state index contributed by atoms with van der Waals surface area (Å²) in [5.41, 5.74) is 0. The molecule has 0 bridgehead atoms. The zero-order chi connectivity index (χ0) is 10.9. The minimum absolute atomic E-state index is 0.0514. The number of rotatable bonds is 6. The van der Waals surface area contributed by atoms with E-state index in [-0.39, 0.29) is 5.97 Å². The molecule has 3 nitrogen and oxygen atoms in total. The van der Waals surface area contributed by atoms with Gasteiger partial charge in [0.2, 0.25) is 0 Å². The van der Waals surface area contributed by atoms with Gasteiger partial charge in [0, 0.05) is 6.42 Å². The van der Waals surface area contributed by atoms with Crippen LogP contribution >= 0.6 is 0 Å². The summed E-state index contributed by atoms with van der Waals surface area (Å²) < 4.78 is 4.88. The summed E-state index contributed by atoms with van der Waals surface area (Å²) in [7, 11) is 0. The molecule has 1 radical (unpaired) electrons. The van der Waals surface area contributed by atoms with Crippen molar-refractivity contribution in [1.29, 1.82) is 0 Å². The molecule has 0 amide bonds. The van der Waals surface area contributed by atoms with Crippen molar-refractivity contribution in [3.8, 4) is 0 Å². The average molecular weight is 212 g/mol. The lowest BCUT2D eigenvalue weighted by Crippen LogP contribution is -2.30. The minimum Gasteiger partial charge on any atom is -0.466 e. The first-order valence-electron chi connectivity index (χ1n) is 6.02. The first-order valence-corrected chi connectivity index (χ1v) is 6.02. The van der Waals surface area contributed by atoms with Gasteiger partial charge in [-0.25, -0.2) is 0 Å². The zero-order valence-electron chi connectivity index (χ0n) is 9.71. The van der Waals surface area contributed by atoms with Gasteiger partial charge in [-0.2, -0.15) is 0 Å². The molecule has 1 aliphatic heterocycles. The Kier molecular flexibility index (Phi) is 6.41. The molecular weight excluding hydrogens is 190 g/mol. The Morgan fingerprint density at radius 3 is 2.73 bits per heavy atom. The number of unbranched alkanes of at least 4 members (excludes halogenated alkanes) is 1. The lowest BCUT2D eigenvalue weighted by molar-refractivity contribution is -0.143. The van der Waals surface area contributed by atoms with E-state index in [1.54, 1.807) is 0 Å². The molecule has 0 aromatic rings. The van der Waals surface area contributed by atoms with Gasteiger partial charge in [-0.3, -0.25) is 4.79 Å². The van der Waals surface area contributed by atoms with E-state index in [1.165, 1.54) is 25.9 Å². The number of ether oxygens (including phenoxy) is 1. The smallest absolute Gasteiger partial charge is 0.305 e. The van der Waals surface area contributed by atoms with Crippen LogP contribution in [0.2, 0.25) is 0 Å². The summed E-state index contributed by atoms with van der Waals surface area (Å²) in [6.45, 7) is 5.87. The second-order valence-corrected chi connectivity index (χ2v) is 3.97. The number of carbonyl (C=O) groups is 1. The van der Waals surface area contributed by atoms with Gasteiger partial charge < -0.3 is 9.64 Å². The highest BCUT2D eigenvalue weighted by Crippen LogP contribution is 2.09. The van der Waals surface area contributed by atoms with Crippen molar-refractivity contribution in [2.45, 2.75) is 39.0 Å². The first-order chi connectivity index (χ1) is 7.33. The Balaban J connectivity index is 1.93. The van der Waals surface area contributed by atoms with Crippen LogP contribution in [0.4, 0.5) is 0 Å². The lowest BCUT2D eigenvalue weighted by atomic mass is 10.1. The van der Waals surface area contributed by atoms with Gasteiger partial charge in [-0.1, -0.05) is 0 Å². The molecule has 0 spiro atoms. The summed E-state index contributed by atoms with van der Waals surface area (Å²) in [5, 5.41) is 0. The third-order valence-electron chi connectivity index (χ3n) is 2.71. The highest BCUT2D eigenvalue weighted by Gasteiger charge is 2.09. The number of esters is 1. The number of nitrogens with zero attached hydrogens (tertiary/aromatic N) is 1. The van der Waals surface area contributed by atoms with E-state index < -0.39 is 0 Å². The predicted molar refractivity (Wildman–Crippen MR) is 60.5 cm³/mol. The van der Waals surface area contributed by atoms with Crippen molar-refractivity contribution in [1.82, 2.24) is 4.90 Å². The number of likely N-dealkylation sites (tertiary alicyclic amines) is 1. The van der Waals surface area contributed by atoms with Crippen molar-refractivity contribution >= 4 is 5.97 Å². The van der Waals surface area contributed by atoms with E-state index in [9.17, 15) is 4.79 Å². The van der Waals surface area contributed by atoms with Crippen LogP contribution in [0, 0.1) is 6.42 Å². The molecule has 87 valence electrons. The Hall–Kier alpha value is -0.570. The van der Waals surface area contributed by atoms with Crippen molar-refractivity contribution in [2.75, 3.05) is 26.2 Å². The molecule has 1 aliphatic rings. The first kappa shape index (κ1) is 12.5. The number of hydrogen-bond donors (Lipinski definition) is 0. The molecule has 0 atom stereocenters. The van der Waals surface area contributed by atoms with Crippen LogP contribution in [0.3, 0.4) is 0 Å². The predicted octanol–water partition coefficient (Wildman–Crippen LogP) is 2.02. The van der Waals surface area contributed by atoms with Crippen molar-refractivity contribution in [3.05, 3.63) is 6.42 Å². The Morgan fingerprint density at radius 2 is 2.07 bits per heavy atom. The van der Waals surface area contributed by atoms with Crippen LogP contribution < -0.4 is 0 Å². The third-order valence-corrected chi connectivity index (χ3v) is 2.71. The topological polar surface area (TPSA) is 29.5 Å². The lowest BCUT2D eigenvalue weighted by Gasteiger charge is -2.25. The Morgan fingerprint density at radius 1 is 1.33 bits per heavy atom. The summed E-state index contributed by atoms with van der Waals surface area (Å²) in [5.74, 6) is -0.0514. The SMILES string of the molecule is CCOC(=O)CCCCN1CC[CH]CC1. The van der Waals surface area contributed by atoms with Gasteiger partial charge >= 0.3 is 5.97 Å². The molecule has 1 heterocycles. The Bertz CT molecular complexity index is 176. The molecule has 0 unspecified atom stereocenters. The molecule has 0 N–H and O–H groups in total. The quantitative estimate of drug-likeness (QED) is 0.498. The standard InChI is InChI=1S/C12H22NO2/c1-2-15-12(14)8-4-7-11-13-9-5-3-6-10-13/h3H,2,4-11H2,1H3. The van der Waals surface area contributed by atoms with E-state index in [0.717, 1.165) is 19.4 Å². The third kappa shape index (κ3) is 5.78. The second-order valence-electron chi connectivity index (χ2n) is 3.97. The van der Waals surface area contributed by atoms with E-state index in [1.807, 2.05) is 6.92 Å². The van der Waals surface area contributed by atoms with Gasteiger partial charge in [0.25, 0.3) is 0 Å². The molecule has 1 fully saturated rings. The maximum absolute atomic E-state index is 11.1. The fourth-order valence-corrected chi connectivity index (χ4v) is 1.87. The van der Waals surface area contributed by atoms with Crippen LogP contribution in [-0.2, 0) is 9.53 Å². The molecule has 0 aliphatic carbocycles. The molecule has 0 aromatic heterocycles. The molecule has 1 saturated heterocycles. The van der Waals surface area contributed by atoms with E-state index in [4.69, 9.17) is 4.74 Å². The number of carbonyl (C=O) groups excluding carboxylic acids is 1. The molecule has 1 rings (SSSR count). The number of piperidine rings is 1. The van der Waals surface area contributed by atoms with Gasteiger partial charge in [0.1, 0.15) is 0 Å². The monoisotopic (exact) mass is 212 g/mol. The average Bonchev–Trinajstić information content (AvgIpc) is 2.26. The highest BCUT2D eigenvalue weighted by atomic mass is 16.5. The molecular formula is C12H22NO2. The summed E-state index contributed by atoms with van der Waals surface area (Å²) in [4.78, 5) is 13.5. The minimum atomic E-state index is -0.0514. The van der Waals surface area contributed by atoms with Crippen LogP contribution in [0.25, 0.3) is 0 Å². The van der Waals surface area contributed by atoms with Crippen LogP contribution in [0.5, 0.6) is 0 Å². The highest BCUT2D eigenvalue weighted by molar-refractivity contribution is 5.69. The summed E-state index contributed by atoms with van der Waals surface area (Å²) in [6.07, 6.45) is 7.44. The van der Waals surface area contributed by atoms with Crippen molar-refractivity contribution in [2.24, 2.45) is 0 Å². The van der Waals surface area contributed by atoms with Crippen LogP contribution in [-0.4, -0.2) is 37.1 Å². The van der Waals surface area contributed by atoms with Gasteiger partial charge in [0.05, 0.1) is 6.61 Å². The van der Waals surface area contributed by atoms with Gasteiger partial charge in [0.15, 0.2) is 0 Å². The molecule has 0 saturated carbocycles. The van der Waals surface area contributed by atoms with Gasteiger partial charge in [-0.05, 0) is 58.7 Å². The normalized spacial score (nSPS) is 17.7. The zero-order valence-corrected chi connectivity index (χ0v) is 9.71. The summed E-state index contributed by atoms with van der Waals surface area (Å²) >= 11 is 0. The van der Waals surface area contributed by atoms with Crippen molar-refractivity contribution in [3.63, 3.8) is 0 Å². The van der Waals surface area contributed by atoms with Crippen LogP contribution in [0.1, 0.15) is 39.0 Å². The number of hydrogen-bond acceptors (Lipinski definition) is 3. The molecule has 3 heteroatoms. The molecule has 0 aromatic carbocycles. The van der Waals surface area contributed by atoms with Crippen LogP contribution in [0.15, 0.2) is 0 Å². The van der Waals surface area contributed by atoms with E-state index in [0.29, 0.717) is 13.0 Å².